The number of rotatable bonds is 6. The lowest BCUT2D eigenvalue weighted by Crippen LogP contribution is -2.46. The Hall–Kier alpha value is -3.33. The molecule has 35 heavy (non-hydrogen) atoms. The van der Waals surface area contributed by atoms with Crippen molar-refractivity contribution in [3.63, 3.8) is 0 Å². The van der Waals surface area contributed by atoms with Crippen molar-refractivity contribution in [2.24, 2.45) is 13.0 Å². The molecule has 2 aliphatic rings. The van der Waals surface area contributed by atoms with Crippen LogP contribution >= 0.6 is 0 Å². The number of fused-ring (bicyclic) bond motifs is 1. The molecule has 2 heterocycles. The highest BCUT2D eigenvalue weighted by molar-refractivity contribution is 5.88. The summed E-state index contributed by atoms with van der Waals surface area (Å²) in [5, 5.41) is 9.37. The summed E-state index contributed by atoms with van der Waals surface area (Å²) < 4.78 is 1.61. The monoisotopic (exact) mass is 469 g/mol. The second-order valence-corrected chi connectivity index (χ2v) is 10.5. The summed E-state index contributed by atoms with van der Waals surface area (Å²) in [4.78, 5) is 22.2. The molecule has 6 heteroatoms. The molecule has 0 atom stereocenters. The Morgan fingerprint density at radius 2 is 1.71 bits per heavy atom. The molecule has 0 N–H and O–H groups in total. The molecule has 2 saturated carbocycles. The molecule has 0 aliphatic heterocycles. The van der Waals surface area contributed by atoms with Crippen LogP contribution in [0.2, 0.25) is 0 Å². The molecule has 0 amide bonds. The zero-order valence-electron chi connectivity index (χ0n) is 21.1. The van der Waals surface area contributed by atoms with E-state index in [1.807, 2.05) is 6.07 Å². The Morgan fingerprint density at radius 1 is 1.03 bits per heavy atom. The maximum absolute atomic E-state index is 12.7. The lowest BCUT2D eigenvalue weighted by atomic mass is 9.83. The summed E-state index contributed by atoms with van der Waals surface area (Å²) in [6.07, 6.45) is 8.49. The average Bonchev–Trinajstić information content (AvgIpc) is 2.86. The second kappa shape index (κ2) is 9.73. The largest absolute Gasteiger partial charge is 0.370 e. The van der Waals surface area contributed by atoms with Crippen molar-refractivity contribution in [3.8, 4) is 6.07 Å². The predicted molar refractivity (Wildman–Crippen MR) is 142 cm³/mol. The molecule has 0 saturated heterocycles. The summed E-state index contributed by atoms with van der Waals surface area (Å²) in [6.45, 7) is 3.31. The molecule has 0 spiro atoms. The third-order valence-electron chi connectivity index (χ3n) is 8.26. The van der Waals surface area contributed by atoms with E-state index < -0.39 is 0 Å². The zero-order chi connectivity index (χ0) is 24.5. The standard InChI is InChI=1S/C29H35N5O/c1-20-7-10-24(11-8-20)34(19-21-5-4-6-21)25-14-12-23(13-15-25)32(2)27-17-28(35)33(3)26-16-9-22(18-30)31-29(26)27/h7-11,16-17,21,23,25H,4-6,12-15,19H2,1-3H3/t23-,25+. The highest BCUT2D eigenvalue weighted by Gasteiger charge is 2.31. The molecule has 182 valence electrons. The second-order valence-electron chi connectivity index (χ2n) is 10.5. The molecular weight excluding hydrogens is 434 g/mol. The minimum atomic E-state index is -0.0504. The van der Waals surface area contributed by atoms with Gasteiger partial charge in [0.1, 0.15) is 17.3 Å². The van der Waals surface area contributed by atoms with Gasteiger partial charge in [-0.2, -0.15) is 5.26 Å². The van der Waals surface area contributed by atoms with Crippen molar-refractivity contribution < 1.29 is 0 Å². The zero-order valence-corrected chi connectivity index (χ0v) is 21.1. The summed E-state index contributed by atoms with van der Waals surface area (Å²) >= 11 is 0. The average molecular weight is 470 g/mol. The van der Waals surface area contributed by atoms with Crippen LogP contribution in [0.5, 0.6) is 0 Å². The van der Waals surface area contributed by atoms with Crippen LogP contribution in [0.15, 0.2) is 47.3 Å². The van der Waals surface area contributed by atoms with Gasteiger partial charge in [-0.1, -0.05) is 24.1 Å². The number of nitrogens with zero attached hydrogens (tertiary/aromatic N) is 5. The lowest BCUT2D eigenvalue weighted by molar-refractivity contribution is 0.291. The number of hydrogen-bond acceptors (Lipinski definition) is 5. The number of pyridine rings is 2. The molecule has 0 unspecified atom stereocenters. The minimum Gasteiger partial charge on any atom is -0.370 e. The van der Waals surface area contributed by atoms with E-state index in [4.69, 9.17) is 0 Å². The summed E-state index contributed by atoms with van der Waals surface area (Å²) in [5.41, 5.74) is 5.29. The van der Waals surface area contributed by atoms with Gasteiger partial charge in [0.2, 0.25) is 0 Å². The molecule has 3 aromatic rings. The number of aryl methyl sites for hydroxylation is 2. The van der Waals surface area contributed by atoms with Crippen LogP contribution in [-0.4, -0.2) is 35.2 Å². The van der Waals surface area contributed by atoms with Gasteiger partial charge in [-0.05, 0) is 75.6 Å². The third kappa shape index (κ3) is 4.65. The van der Waals surface area contributed by atoms with Crippen LogP contribution in [0.25, 0.3) is 11.0 Å². The molecule has 2 fully saturated rings. The van der Waals surface area contributed by atoms with Crippen LogP contribution < -0.4 is 15.4 Å². The van der Waals surface area contributed by atoms with Gasteiger partial charge in [0.25, 0.3) is 5.56 Å². The van der Waals surface area contributed by atoms with Crippen molar-refractivity contribution in [1.29, 1.82) is 5.26 Å². The maximum Gasteiger partial charge on any atom is 0.252 e. The highest BCUT2D eigenvalue weighted by Crippen LogP contribution is 2.36. The number of hydrogen-bond donors (Lipinski definition) is 0. The van der Waals surface area contributed by atoms with Gasteiger partial charge in [0, 0.05) is 44.5 Å². The van der Waals surface area contributed by atoms with E-state index in [1.54, 1.807) is 23.7 Å². The number of anilines is 2. The molecular formula is C29H35N5O. The van der Waals surface area contributed by atoms with Crippen LogP contribution in [0, 0.1) is 24.2 Å². The van der Waals surface area contributed by atoms with E-state index in [-0.39, 0.29) is 5.56 Å². The number of nitriles is 1. The topological polar surface area (TPSA) is 65.2 Å². The fourth-order valence-electron chi connectivity index (χ4n) is 5.75. The lowest BCUT2D eigenvalue weighted by Gasteiger charge is -2.43. The van der Waals surface area contributed by atoms with Crippen molar-refractivity contribution in [3.05, 3.63) is 64.1 Å². The van der Waals surface area contributed by atoms with Crippen LogP contribution in [0.4, 0.5) is 11.4 Å². The van der Waals surface area contributed by atoms with E-state index >= 15 is 0 Å². The van der Waals surface area contributed by atoms with Gasteiger partial charge < -0.3 is 14.4 Å². The summed E-state index contributed by atoms with van der Waals surface area (Å²) in [6, 6.07) is 17.3. The number of benzene rings is 1. The maximum atomic E-state index is 12.7. The molecule has 2 aliphatic carbocycles. The van der Waals surface area contributed by atoms with Crippen molar-refractivity contribution in [2.45, 2.75) is 64.0 Å². The first-order valence-electron chi connectivity index (χ1n) is 12.9. The van der Waals surface area contributed by atoms with Crippen molar-refractivity contribution in [1.82, 2.24) is 9.55 Å². The smallest absolute Gasteiger partial charge is 0.252 e. The highest BCUT2D eigenvalue weighted by atomic mass is 16.1. The minimum absolute atomic E-state index is 0.0504. The van der Waals surface area contributed by atoms with Gasteiger partial charge in [0.15, 0.2) is 0 Å². The SMILES string of the molecule is Cc1ccc(N(CC2CCC2)[C@H]2CC[C@@H](N(C)c3cc(=O)n(C)c4ccc(C#N)nc34)CC2)cc1. The van der Waals surface area contributed by atoms with E-state index in [1.165, 1.54) is 30.5 Å². The molecule has 1 aromatic carbocycles. The molecule has 2 aromatic heterocycles. The Bertz CT molecular complexity index is 1290. The van der Waals surface area contributed by atoms with Gasteiger partial charge in [-0.25, -0.2) is 4.98 Å². The van der Waals surface area contributed by atoms with Crippen molar-refractivity contribution >= 4 is 22.4 Å². The predicted octanol–water partition coefficient (Wildman–Crippen LogP) is 5.17. The Morgan fingerprint density at radius 3 is 2.34 bits per heavy atom. The van der Waals surface area contributed by atoms with Crippen LogP contribution in [0.1, 0.15) is 56.2 Å². The molecule has 6 nitrogen and oxygen atoms in total. The van der Waals surface area contributed by atoms with E-state index in [2.05, 4.69) is 59.1 Å². The Balaban J connectivity index is 1.36. The van der Waals surface area contributed by atoms with Gasteiger partial charge in [0.05, 0.1) is 11.2 Å². The van der Waals surface area contributed by atoms with E-state index in [0.29, 0.717) is 17.8 Å². The number of aromatic nitrogens is 2. The van der Waals surface area contributed by atoms with Gasteiger partial charge in [-0.3, -0.25) is 4.79 Å². The van der Waals surface area contributed by atoms with Gasteiger partial charge in [-0.15, -0.1) is 0 Å². The molecule has 0 radical (unpaired) electrons. The first-order valence-corrected chi connectivity index (χ1v) is 12.9. The summed E-state index contributed by atoms with van der Waals surface area (Å²) in [7, 11) is 3.83. The summed E-state index contributed by atoms with van der Waals surface area (Å²) in [5.74, 6) is 0.823. The quantitative estimate of drug-likeness (QED) is 0.498. The normalized spacial score (nSPS) is 20.3. The third-order valence-corrected chi connectivity index (χ3v) is 8.26. The first kappa shape index (κ1) is 23.4. The van der Waals surface area contributed by atoms with Crippen LogP contribution in [0.3, 0.4) is 0 Å². The van der Waals surface area contributed by atoms with E-state index in [0.717, 1.165) is 54.9 Å². The van der Waals surface area contributed by atoms with Crippen molar-refractivity contribution in [2.75, 3.05) is 23.4 Å². The molecule has 5 rings (SSSR count). The first-order chi connectivity index (χ1) is 16.9. The Labute approximate surface area is 207 Å². The van der Waals surface area contributed by atoms with Crippen LogP contribution in [-0.2, 0) is 7.05 Å². The fourth-order valence-corrected chi connectivity index (χ4v) is 5.75. The fraction of sp³-hybridized carbons (Fsp3) is 0.483. The van der Waals surface area contributed by atoms with Gasteiger partial charge >= 0.3 is 0 Å². The Kier molecular flexibility index (Phi) is 6.51. The molecule has 0 bridgehead atoms. The van der Waals surface area contributed by atoms with E-state index in [9.17, 15) is 10.1 Å².